The molecule has 4 nitrogen and oxygen atoms in total. The Hall–Kier alpha value is -2.20. The predicted molar refractivity (Wildman–Crippen MR) is 91.4 cm³/mol. The highest BCUT2D eigenvalue weighted by Gasteiger charge is 2.16. The number of methoxy groups -OCH3 is 3. The highest BCUT2D eigenvalue weighted by atomic mass is 35.5. The lowest BCUT2D eigenvalue weighted by atomic mass is 9.93. The van der Waals surface area contributed by atoms with Crippen LogP contribution in [0.15, 0.2) is 41.4 Å². The van der Waals surface area contributed by atoms with Crippen LogP contribution in [-0.4, -0.2) is 33.6 Å². The summed E-state index contributed by atoms with van der Waals surface area (Å²) in [5, 5.41) is 0. The third kappa shape index (κ3) is 3.65. The van der Waals surface area contributed by atoms with Crippen molar-refractivity contribution in [1.82, 2.24) is 0 Å². The Balaban J connectivity index is 0.00000208. The third-order valence-electron chi connectivity index (χ3n) is 4.13. The Kier molecular flexibility index (Phi) is 6.10. The van der Waals surface area contributed by atoms with Crippen LogP contribution in [0, 0.1) is 0 Å². The van der Waals surface area contributed by atoms with Crippen molar-refractivity contribution in [3.05, 3.63) is 53.1 Å². The molecule has 2 aromatic rings. The first-order chi connectivity index (χ1) is 11.2. The molecule has 0 amide bonds. The Bertz CT molecular complexity index is 743. The van der Waals surface area contributed by atoms with Gasteiger partial charge in [-0.05, 0) is 53.4 Å². The fraction of sp³-hybridized carbons (Fsp3) is 0.316. The van der Waals surface area contributed by atoms with Gasteiger partial charge in [0.2, 0.25) is 0 Å². The first-order valence-electron chi connectivity index (χ1n) is 7.66. The molecule has 0 atom stereocenters. The maximum atomic E-state index is 5.38. The molecule has 0 fully saturated rings. The van der Waals surface area contributed by atoms with Crippen LogP contribution in [-0.2, 0) is 12.8 Å². The first-order valence-corrected chi connectivity index (χ1v) is 7.66. The summed E-state index contributed by atoms with van der Waals surface area (Å²) >= 11 is 0. The van der Waals surface area contributed by atoms with Gasteiger partial charge in [-0.3, -0.25) is 4.99 Å². The van der Waals surface area contributed by atoms with Crippen molar-refractivity contribution in [2.45, 2.75) is 12.8 Å². The average molecular weight is 347 g/mol. The molecule has 128 valence electrons. The zero-order valence-corrected chi connectivity index (χ0v) is 14.9. The molecule has 1 aliphatic rings. The van der Waals surface area contributed by atoms with E-state index < -0.39 is 0 Å². The summed E-state index contributed by atoms with van der Waals surface area (Å²) in [6.07, 6.45) is 1.74. The number of fused-ring (bicyclic) bond motifs is 1. The second-order valence-electron chi connectivity index (χ2n) is 5.47. The van der Waals surface area contributed by atoms with Gasteiger partial charge in [0.15, 0.2) is 11.5 Å². The molecule has 5 heteroatoms. The summed E-state index contributed by atoms with van der Waals surface area (Å²) in [7, 11) is 5.00. The third-order valence-corrected chi connectivity index (χ3v) is 4.13. The van der Waals surface area contributed by atoms with Gasteiger partial charge in [-0.15, -0.1) is 0 Å². The fourth-order valence-electron chi connectivity index (χ4n) is 2.92. The quantitative estimate of drug-likeness (QED) is 0.782. The van der Waals surface area contributed by atoms with Crippen LogP contribution in [0.4, 0.5) is 0 Å². The van der Waals surface area contributed by atoms with Gasteiger partial charge in [-0.2, -0.15) is 0 Å². The van der Waals surface area contributed by atoms with E-state index in [1.807, 2.05) is 18.2 Å². The lowest BCUT2D eigenvalue weighted by Gasteiger charge is -2.18. The summed E-state index contributed by atoms with van der Waals surface area (Å²) in [5.74, 6) is 2.39. The zero-order chi connectivity index (χ0) is 16.2. The van der Waals surface area contributed by atoms with Gasteiger partial charge in [-0.1, -0.05) is 6.07 Å². The Morgan fingerprint density at radius 2 is 1.71 bits per heavy atom. The summed E-state index contributed by atoms with van der Waals surface area (Å²) in [4.78, 5) is 4.72. The van der Waals surface area contributed by atoms with Gasteiger partial charge in [0.05, 0.1) is 21.3 Å². The number of aliphatic imine (C=N–C) groups is 1. The topological polar surface area (TPSA) is 40.0 Å². The molecule has 1 heterocycles. The van der Waals surface area contributed by atoms with Gasteiger partial charge in [0.1, 0.15) is 5.75 Å². The normalized spacial score (nSPS) is 12.5. The molecule has 0 aromatic heterocycles. The number of hydrogen-bond acceptors (Lipinski definition) is 4. The molecule has 0 N–H and O–H groups in total. The van der Waals surface area contributed by atoms with Crippen molar-refractivity contribution in [3.63, 3.8) is 0 Å². The molecule has 0 radical (unpaired) electrons. The second-order valence-corrected chi connectivity index (χ2v) is 5.47. The molecule has 24 heavy (non-hydrogen) atoms. The Morgan fingerprint density at radius 1 is 0.917 bits per heavy atom. The van der Waals surface area contributed by atoms with Gasteiger partial charge in [-0.25, -0.2) is 0 Å². The molecule has 0 bridgehead atoms. The van der Waals surface area contributed by atoms with Gasteiger partial charge in [0.25, 0.3) is 0 Å². The van der Waals surface area contributed by atoms with E-state index in [9.17, 15) is 0 Å². The standard InChI is InChI=1S/C19H21NO3.ClH/c1-21-15-5-6-16-14(12-15)8-9-20-17(16)10-13-4-7-18(22-2)19(11-13)23-3;/h4-7,11-12H,8-10H2,1-3H3;1H/p-1. The van der Waals surface area contributed by atoms with Crippen molar-refractivity contribution in [2.75, 3.05) is 27.9 Å². The number of ether oxygens (including phenoxy) is 3. The fourth-order valence-corrected chi connectivity index (χ4v) is 2.92. The van der Waals surface area contributed by atoms with E-state index in [0.717, 1.165) is 47.9 Å². The van der Waals surface area contributed by atoms with Crippen molar-refractivity contribution in [2.24, 2.45) is 4.99 Å². The number of halogens is 1. The number of rotatable bonds is 5. The number of benzene rings is 2. The van der Waals surface area contributed by atoms with Crippen LogP contribution >= 0.6 is 0 Å². The maximum absolute atomic E-state index is 5.38. The SMILES string of the molecule is COc1ccc2c(c1)CCN=C2Cc1ccc(OC)c(OC)c1.[Cl-]. The van der Waals surface area contributed by atoms with Gasteiger partial charge >= 0.3 is 0 Å². The molecule has 3 rings (SSSR count). The highest BCUT2D eigenvalue weighted by Crippen LogP contribution is 2.29. The van der Waals surface area contributed by atoms with Crippen LogP contribution in [0.25, 0.3) is 0 Å². The van der Waals surface area contributed by atoms with Crippen LogP contribution in [0.2, 0.25) is 0 Å². The van der Waals surface area contributed by atoms with Crippen molar-refractivity contribution in [1.29, 1.82) is 0 Å². The smallest absolute Gasteiger partial charge is 0.160 e. The van der Waals surface area contributed by atoms with E-state index in [0.29, 0.717) is 0 Å². The molecular formula is C19H21ClNO3-. The van der Waals surface area contributed by atoms with E-state index in [2.05, 4.69) is 18.2 Å². The molecule has 0 unspecified atom stereocenters. The Morgan fingerprint density at radius 3 is 2.42 bits per heavy atom. The van der Waals surface area contributed by atoms with Gasteiger partial charge < -0.3 is 26.6 Å². The van der Waals surface area contributed by atoms with E-state index in [4.69, 9.17) is 19.2 Å². The monoisotopic (exact) mass is 346 g/mol. The number of nitrogens with zero attached hydrogens (tertiary/aromatic N) is 1. The molecule has 0 spiro atoms. The molecule has 2 aromatic carbocycles. The minimum absolute atomic E-state index is 0. The molecule has 0 saturated carbocycles. The predicted octanol–water partition coefficient (Wildman–Crippen LogP) is 0.304. The minimum Gasteiger partial charge on any atom is -1.00 e. The maximum Gasteiger partial charge on any atom is 0.160 e. The van der Waals surface area contributed by atoms with E-state index in [1.54, 1.807) is 21.3 Å². The van der Waals surface area contributed by atoms with Crippen LogP contribution < -0.4 is 26.6 Å². The van der Waals surface area contributed by atoms with Crippen molar-refractivity contribution >= 4 is 5.71 Å². The zero-order valence-electron chi connectivity index (χ0n) is 14.1. The molecule has 0 saturated heterocycles. The summed E-state index contributed by atoms with van der Waals surface area (Å²) in [5.41, 5.74) is 4.79. The van der Waals surface area contributed by atoms with E-state index in [1.165, 1.54) is 11.1 Å². The minimum atomic E-state index is 0. The molecule has 1 aliphatic heterocycles. The lowest BCUT2D eigenvalue weighted by Crippen LogP contribution is -3.00. The lowest BCUT2D eigenvalue weighted by molar-refractivity contribution is -0.00000558. The van der Waals surface area contributed by atoms with Crippen LogP contribution in [0.1, 0.15) is 16.7 Å². The van der Waals surface area contributed by atoms with Crippen LogP contribution in [0.5, 0.6) is 17.2 Å². The largest absolute Gasteiger partial charge is 1.00 e. The molecular weight excluding hydrogens is 326 g/mol. The van der Waals surface area contributed by atoms with Crippen LogP contribution in [0.3, 0.4) is 0 Å². The Labute approximate surface area is 148 Å². The van der Waals surface area contributed by atoms with E-state index >= 15 is 0 Å². The van der Waals surface area contributed by atoms with Gasteiger partial charge in [0, 0.05) is 18.7 Å². The second kappa shape index (κ2) is 8.06. The highest BCUT2D eigenvalue weighted by molar-refractivity contribution is 6.04. The first kappa shape index (κ1) is 18.1. The summed E-state index contributed by atoms with van der Waals surface area (Å²) < 4.78 is 16.0. The number of hydrogen-bond donors (Lipinski definition) is 0. The summed E-state index contributed by atoms with van der Waals surface area (Å²) in [6.45, 7) is 0.822. The van der Waals surface area contributed by atoms with Crippen molar-refractivity contribution in [3.8, 4) is 17.2 Å². The molecule has 0 aliphatic carbocycles. The van der Waals surface area contributed by atoms with E-state index in [-0.39, 0.29) is 12.4 Å². The van der Waals surface area contributed by atoms with Crippen molar-refractivity contribution < 1.29 is 26.6 Å². The average Bonchev–Trinajstić information content (AvgIpc) is 2.61. The summed E-state index contributed by atoms with van der Waals surface area (Å²) in [6, 6.07) is 12.2.